The first-order valence-corrected chi connectivity index (χ1v) is 6.52. The number of hydrogen-bond acceptors (Lipinski definition) is 3. The molecule has 21 heavy (non-hydrogen) atoms. The molecule has 0 atom stereocenters. The van der Waals surface area contributed by atoms with E-state index in [1.807, 2.05) is 31.3 Å². The largest absolute Gasteiger partial charge is 0.384 e. The van der Waals surface area contributed by atoms with Crippen molar-refractivity contribution in [3.05, 3.63) is 53.6 Å². The van der Waals surface area contributed by atoms with E-state index in [-0.39, 0.29) is 12.5 Å². The molecule has 0 aliphatic heterocycles. The number of nitrogens with zero attached hydrogens (tertiary/aromatic N) is 3. The monoisotopic (exact) mass is 283 g/mol. The molecular weight excluding hydrogens is 266 g/mol. The van der Waals surface area contributed by atoms with Crippen molar-refractivity contribution in [3.63, 3.8) is 0 Å². The highest BCUT2D eigenvalue weighted by atomic mass is 16.2. The van der Waals surface area contributed by atoms with Crippen molar-refractivity contribution < 1.29 is 9.90 Å². The smallest absolute Gasteiger partial charge is 0.274 e. The zero-order valence-corrected chi connectivity index (χ0v) is 12.1. The number of hydrogen-bond donors (Lipinski definition) is 1. The van der Waals surface area contributed by atoms with E-state index in [4.69, 9.17) is 5.11 Å². The molecular formula is C16H17N3O2. The molecule has 1 aromatic carbocycles. The fraction of sp³-hybridized carbons (Fsp3) is 0.250. The van der Waals surface area contributed by atoms with Crippen LogP contribution in [-0.4, -0.2) is 39.1 Å². The van der Waals surface area contributed by atoms with Crippen molar-refractivity contribution >= 4 is 5.91 Å². The van der Waals surface area contributed by atoms with Gasteiger partial charge in [0.25, 0.3) is 5.91 Å². The van der Waals surface area contributed by atoms with Gasteiger partial charge in [0, 0.05) is 32.4 Å². The minimum absolute atomic E-state index is 0.111. The molecule has 0 spiro atoms. The number of aliphatic hydroxyl groups is 1. The quantitative estimate of drug-likeness (QED) is 0.856. The summed E-state index contributed by atoms with van der Waals surface area (Å²) in [6.45, 7) is 0.353. The number of aliphatic hydroxyl groups excluding tert-OH is 1. The minimum Gasteiger partial charge on any atom is -0.384 e. The first kappa shape index (κ1) is 14.8. The van der Waals surface area contributed by atoms with E-state index in [2.05, 4.69) is 16.8 Å². The molecule has 1 aromatic heterocycles. The predicted molar refractivity (Wildman–Crippen MR) is 79.4 cm³/mol. The summed E-state index contributed by atoms with van der Waals surface area (Å²) in [7, 11) is 3.58. The Hall–Kier alpha value is -2.58. The van der Waals surface area contributed by atoms with Gasteiger partial charge in [0.05, 0.1) is 6.33 Å². The van der Waals surface area contributed by atoms with Crippen LogP contribution in [0, 0.1) is 11.8 Å². The summed E-state index contributed by atoms with van der Waals surface area (Å²) in [4.78, 5) is 17.8. The van der Waals surface area contributed by atoms with Crippen LogP contribution in [0.2, 0.25) is 0 Å². The summed E-state index contributed by atoms with van der Waals surface area (Å²) in [5.41, 5.74) is 2.29. The van der Waals surface area contributed by atoms with E-state index in [0.717, 1.165) is 11.1 Å². The van der Waals surface area contributed by atoms with Crippen molar-refractivity contribution in [2.45, 2.75) is 6.54 Å². The molecule has 1 amide bonds. The minimum atomic E-state index is -0.150. The van der Waals surface area contributed by atoms with Gasteiger partial charge in [-0.25, -0.2) is 4.98 Å². The van der Waals surface area contributed by atoms with Crippen molar-refractivity contribution in [2.75, 3.05) is 13.7 Å². The third-order valence-electron chi connectivity index (χ3n) is 2.96. The summed E-state index contributed by atoms with van der Waals surface area (Å²) >= 11 is 0. The van der Waals surface area contributed by atoms with Gasteiger partial charge in [-0.1, -0.05) is 24.0 Å². The summed E-state index contributed by atoms with van der Waals surface area (Å²) in [6, 6.07) is 7.58. The first-order valence-electron chi connectivity index (χ1n) is 6.52. The Balaban J connectivity index is 2.02. The van der Waals surface area contributed by atoms with Crippen LogP contribution in [0.4, 0.5) is 0 Å². The van der Waals surface area contributed by atoms with Crippen molar-refractivity contribution in [2.24, 2.45) is 7.05 Å². The Labute approximate surface area is 123 Å². The second-order valence-electron chi connectivity index (χ2n) is 4.74. The number of aromatic nitrogens is 2. The van der Waals surface area contributed by atoms with Crippen molar-refractivity contribution in [1.82, 2.24) is 14.5 Å². The van der Waals surface area contributed by atoms with Gasteiger partial charge in [-0.15, -0.1) is 0 Å². The third kappa shape index (κ3) is 3.94. The fourth-order valence-corrected chi connectivity index (χ4v) is 1.90. The van der Waals surface area contributed by atoms with Crippen LogP contribution in [0.1, 0.15) is 21.6 Å². The highest BCUT2D eigenvalue weighted by Crippen LogP contribution is 2.08. The van der Waals surface area contributed by atoms with E-state index in [1.165, 1.54) is 0 Å². The lowest BCUT2D eigenvalue weighted by molar-refractivity contribution is 0.0779. The number of carbonyl (C=O) groups is 1. The molecule has 5 heteroatoms. The van der Waals surface area contributed by atoms with Gasteiger partial charge >= 0.3 is 0 Å². The summed E-state index contributed by atoms with van der Waals surface area (Å²) in [6.07, 6.45) is 3.31. The zero-order chi connectivity index (χ0) is 15.2. The average molecular weight is 283 g/mol. The van der Waals surface area contributed by atoms with E-state index >= 15 is 0 Å². The van der Waals surface area contributed by atoms with E-state index < -0.39 is 0 Å². The Bertz CT molecular complexity index is 678. The number of benzene rings is 1. The average Bonchev–Trinajstić information content (AvgIpc) is 2.92. The number of aryl methyl sites for hydroxylation is 1. The van der Waals surface area contributed by atoms with Gasteiger partial charge in [-0.2, -0.15) is 0 Å². The second-order valence-corrected chi connectivity index (χ2v) is 4.74. The number of carbonyl (C=O) groups excluding carboxylic acids is 1. The topological polar surface area (TPSA) is 58.4 Å². The molecule has 2 aromatic rings. The molecule has 0 bridgehead atoms. The Morgan fingerprint density at radius 2 is 2.10 bits per heavy atom. The van der Waals surface area contributed by atoms with E-state index in [0.29, 0.717) is 12.2 Å². The lowest BCUT2D eigenvalue weighted by Crippen LogP contribution is -2.26. The number of rotatable bonds is 3. The van der Waals surface area contributed by atoms with Crippen LogP contribution >= 0.6 is 0 Å². The molecule has 108 valence electrons. The lowest BCUT2D eigenvalue weighted by atomic mass is 10.1. The molecule has 0 aliphatic rings. The van der Waals surface area contributed by atoms with Gasteiger partial charge in [0.2, 0.25) is 0 Å². The third-order valence-corrected chi connectivity index (χ3v) is 2.96. The number of amides is 1. The maximum Gasteiger partial charge on any atom is 0.274 e. The Morgan fingerprint density at radius 1 is 1.38 bits per heavy atom. The molecule has 0 radical (unpaired) electrons. The van der Waals surface area contributed by atoms with Crippen LogP contribution in [-0.2, 0) is 13.6 Å². The van der Waals surface area contributed by atoms with Gasteiger partial charge in [-0.05, 0) is 17.7 Å². The van der Waals surface area contributed by atoms with Crippen LogP contribution in [0.5, 0.6) is 0 Å². The summed E-state index contributed by atoms with van der Waals surface area (Å²) in [5.74, 6) is 5.32. The van der Waals surface area contributed by atoms with E-state index in [9.17, 15) is 4.79 Å². The number of imidazole rings is 1. The van der Waals surface area contributed by atoms with E-state index in [1.54, 1.807) is 29.0 Å². The molecule has 0 saturated carbocycles. The Morgan fingerprint density at radius 3 is 2.67 bits per heavy atom. The van der Waals surface area contributed by atoms with Gasteiger partial charge in [0.15, 0.2) is 0 Å². The molecule has 0 aliphatic carbocycles. The molecule has 2 rings (SSSR count). The highest BCUT2D eigenvalue weighted by Gasteiger charge is 2.14. The molecule has 0 unspecified atom stereocenters. The maximum atomic E-state index is 12.2. The molecule has 1 N–H and O–H groups in total. The van der Waals surface area contributed by atoms with Gasteiger partial charge < -0.3 is 14.6 Å². The lowest BCUT2D eigenvalue weighted by Gasteiger charge is -2.16. The van der Waals surface area contributed by atoms with Gasteiger partial charge in [0.1, 0.15) is 12.3 Å². The van der Waals surface area contributed by atoms with Crippen LogP contribution in [0.15, 0.2) is 36.8 Å². The van der Waals surface area contributed by atoms with Crippen LogP contribution < -0.4 is 0 Å². The van der Waals surface area contributed by atoms with Crippen molar-refractivity contribution in [1.29, 1.82) is 0 Å². The normalized spacial score (nSPS) is 9.86. The highest BCUT2D eigenvalue weighted by molar-refractivity contribution is 5.91. The van der Waals surface area contributed by atoms with Crippen molar-refractivity contribution in [3.8, 4) is 11.8 Å². The SMILES string of the molecule is CN(Cc1ccc(C#CCO)cc1)C(=O)c1cn(C)cn1. The van der Waals surface area contributed by atoms with Gasteiger partial charge in [-0.3, -0.25) is 4.79 Å². The molecule has 1 heterocycles. The maximum absolute atomic E-state index is 12.2. The zero-order valence-electron chi connectivity index (χ0n) is 12.1. The predicted octanol–water partition coefficient (Wildman–Crippen LogP) is 1.04. The second kappa shape index (κ2) is 6.73. The first-order chi connectivity index (χ1) is 10.1. The van der Waals surface area contributed by atoms with Crippen LogP contribution in [0.25, 0.3) is 0 Å². The standard InChI is InChI=1S/C16H17N3O2/c1-18-11-15(17-12-18)16(21)19(2)10-14-7-5-13(6-8-14)4-3-9-20/h5-8,11-12,20H,9-10H2,1-2H3. The fourth-order valence-electron chi connectivity index (χ4n) is 1.90. The van der Waals surface area contributed by atoms with Crippen LogP contribution in [0.3, 0.4) is 0 Å². The summed E-state index contributed by atoms with van der Waals surface area (Å²) < 4.78 is 1.75. The molecule has 5 nitrogen and oxygen atoms in total. The molecule has 0 fully saturated rings. The Kier molecular flexibility index (Phi) is 4.75. The molecule has 0 saturated heterocycles. The summed E-state index contributed by atoms with van der Waals surface area (Å²) in [5, 5.41) is 8.65.